The van der Waals surface area contributed by atoms with Crippen LogP contribution in [-0.4, -0.2) is 17.4 Å². The number of nitrogens with zero attached hydrogens (tertiary/aromatic N) is 2. The van der Waals surface area contributed by atoms with Gasteiger partial charge in [-0.3, -0.25) is 0 Å². The summed E-state index contributed by atoms with van der Waals surface area (Å²) in [5.41, 5.74) is 3.00. The molecule has 2 heterocycles. The number of hydrogen-bond acceptors (Lipinski definition) is 4. The van der Waals surface area contributed by atoms with Gasteiger partial charge < -0.3 is 4.42 Å². The summed E-state index contributed by atoms with van der Waals surface area (Å²) >= 11 is 0. The molecule has 28 heavy (non-hydrogen) atoms. The van der Waals surface area contributed by atoms with E-state index in [-0.39, 0.29) is 10.4 Å². The van der Waals surface area contributed by atoms with Crippen molar-refractivity contribution < 1.29 is 17.2 Å². The molecular formula is C21H13FN2O3S. The molecule has 7 heteroatoms. The van der Waals surface area contributed by atoms with Gasteiger partial charge >= 0.3 is 0 Å². The molecule has 0 atom stereocenters. The lowest BCUT2D eigenvalue weighted by molar-refractivity contribution is 0.589. The highest BCUT2D eigenvalue weighted by atomic mass is 32.2. The zero-order valence-corrected chi connectivity index (χ0v) is 15.2. The van der Waals surface area contributed by atoms with Gasteiger partial charge in [0.05, 0.1) is 10.4 Å². The van der Waals surface area contributed by atoms with Crippen LogP contribution < -0.4 is 0 Å². The molecule has 138 valence electrons. The maximum Gasteiger partial charge on any atom is 0.268 e. The van der Waals surface area contributed by atoms with Crippen LogP contribution in [0.4, 0.5) is 4.39 Å². The second-order valence-corrected chi connectivity index (χ2v) is 8.17. The van der Waals surface area contributed by atoms with Gasteiger partial charge in [0.25, 0.3) is 10.0 Å². The van der Waals surface area contributed by atoms with E-state index < -0.39 is 15.8 Å². The monoisotopic (exact) mass is 392 g/mol. The summed E-state index contributed by atoms with van der Waals surface area (Å²) in [5, 5.41) is 0.628. The molecule has 0 fully saturated rings. The minimum atomic E-state index is -3.89. The van der Waals surface area contributed by atoms with Gasteiger partial charge in [-0.15, -0.1) is 0 Å². The summed E-state index contributed by atoms with van der Waals surface area (Å²) in [5.74, 6) is -0.506. The van der Waals surface area contributed by atoms with Crippen molar-refractivity contribution in [2.45, 2.75) is 4.90 Å². The van der Waals surface area contributed by atoms with Crippen molar-refractivity contribution in [3.63, 3.8) is 0 Å². The van der Waals surface area contributed by atoms with E-state index in [4.69, 9.17) is 4.42 Å². The van der Waals surface area contributed by atoms with Crippen LogP contribution in [0, 0.1) is 5.82 Å². The third kappa shape index (κ3) is 2.51. The Kier molecular flexibility index (Phi) is 3.60. The average Bonchev–Trinajstić information content (AvgIpc) is 3.32. The average molecular weight is 392 g/mol. The third-order valence-electron chi connectivity index (χ3n) is 4.68. The zero-order chi connectivity index (χ0) is 19.3. The molecular weight excluding hydrogens is 379 g/mol. The molecule has 5 nitrogen and oxygen atoms in total. The maximum atomic E-state index is 14.0. The van der Waals surface area contributed by atoms with Crippen LogP contribution in [0.2, 0.25) is 0 Å². The van der Waals surface area contributed by atoms with Crippen LogP contribution in [0.3, 0.4) is 0 Å². The molecule has 0 aliphatic heterocycles. The molecule has 5 aromatic rings. The predicted octanol–water partition coefficient (Wildman–Crippen LogP) is 4.83. The first-order valence-electron chi connectivity index (χ1n) is 8.49. The summed E-state index contributed by atoms with van der Waals surface area (Å²) in [7, 11) is -3.89. The quantitative estimate of drug-likeness (QED) is 0.441. The number of halogens is 1. The topological polar surface area (TPSA) is 65.1 Å². The molecule has 0 N–H and O–H groups in total. The first-order valence-corrected chi connectivity index (χ1v) is 9.93. The van der Waals surface area contributed by atoms with Crippen molar-refractivity contribution in [2.75, 3.05) is 0 Å². The number of benzene rings is 3. The Labute approximate surface area is 159 Å². The van der Waals surface area contributed by atoms with E-state index in [1.807, 2.05) is 12.1 Å². The number of oxazole rings is 1. The van der Waals surface area contributed by atoms with Crippen LogP contribution in [-0.2, 0) is 10.0 Å². The highest BCUT2D eigenvalue weighted by Crippen LogP contribution is 2.34. The highest BCUT2D eigenvalue weighted by Gasteiger charge is 2.22. The van der Waals surface area contributed by atoms with E-state index in [2.05, 4.69) is 4.98 Å². The standard InChI is InChI=1S/C21H13FN2O3S/c22-15-7-8-17-18(14-6-9-21-19(10-14)23-13-27-21)12-24(20(17)11-15)28(25,26)16-4-2-1-3-5-16/h1-13H. The second-order valence-electron chi connectivity index (χ2n) is 6.35. The lowest BCUT2D eigenvalue weighted by Gasteiger charge is -2.07. The number of rotatable bonds is 3. The first-order chi connectivity index (χ1) is 13.5. The van der Waals surface area contributed by atoms with Crippen LogP contribution in [0.15, 0.2) is 88.6 Å². The zero-order valence-electron chi connectivity index (χ0n) is 14.4. The van der Waals surface area contributed by atoms with Gasteiger partial charge in [0.15, 0.2) is 12.0 Å². The van der Waals surface area contributed by atoms with Gasteiger partial charge in [-0.2, -0.15) is 0 Å². The molecule has 2 aromatic heterocycles. The molecule has 0 bridgehead atoms. The SMILES string of the molecule is O=S(=O)(c1ccccc1)n1cc(-c2ccc3ocnc3c2)c2ccc(F)cc21. The van der Waals surface area contributed by atoms with E-state index in [1.165, 1.54) is 36.9 Å². The lowest BCUT2D eigenvalue weighted by atomic mass is 10.0. The van der Waals surface area contributed by atoms with Crippen molar-refractivity contribution >= 4 is 32.0 Å². The van der Waals surface area contributed by atoms with Gasteiger partial charge in [-0.1, -0.05) is 24.3 Å². The largest absolute Gasteiger partial charge is 0.443 e. The molecule has 0 saturated heterocycles. The van der Waals surface area contributed by atoms with E-state index in [0.717, 1.165) is 9.54 Å². The fraction of sp³-hybridized carbons (Fsp3) is 0. The molecule has 0 spiro atoms. The Morgan fingerprint density at radius 1 is 0.964 bits per heavy atom. The summed E-state index contributed by atoms with van der Waals surface area (Å²) in [4.78, 5) is 4.28. The van der Waals surface area contributed by atoms with Gasteiger partial charge in [-0.25, -0.2) is 21.8 Å². The fourth-order valence-corrected chi connectivity index (χ4v) is 4.71. The highest BCUT2D eigenvalue weighted by molar-refractivity contribution is 7.90. The fourth-order valence-electron chi connectivity index (χ4n) is 3.33. The molecule has 0 radical (unpaired) electrons. The van der Waals surface area contributed by atoms with Crippen molar-refractivity contribution in [1.82, 2.24) is 8.96 Å². The van der Waals surface area contributed by atoms with Gasteiger partial charge in [0.2, 0.25) is 0 Å². The Bertz CT molecular complexity index is 1440. The minimum Gasteiger partial charge on any atom is -0.443 e. The summed E-state index contributed by atoms with van der Waals surface area (Å²) in [6, 6.07) is 17.6. The van der Waals surface area contributed by atoms with E-state index in [9.17, 15) is 12.8 Å². The summed E-state index contributed by atoms with van der Waals surface area (Å²) in [6.07, 6.45) is 2.88. The molecule has 0 unspecified atom stereocenters. The Hall–Kier alpha value is -3.45. The molecule has 0 saturated carbocycles. The number of aromatic nitrogens is 2. The second kappa shape index (κ2) is 6.03. The maximum absolute atomic E-state index is 14.0. The van der Waals surface area contributed by atoms with Crippen molar-refractivity contribution in [3.05, 3.63) is 85.1 Å². The van der Waals surface area contributed by atoms with Crippen LogP contribution in [0.5, 0.6) is 0 Å². The Morgan fingerprint density at radius 2 is 1.79 bits per heavy atom. The predicted molar refractivity (Wildman–Crippen MR) is 104 cm³/mol. The van der Waals surface area contributed by atoms with Crippen molar-refractivity contribution in [1.29, 1.82) is 0 Å². The normalized spacial score (nSPS) is 12.0. The van der Waals surface area contributed by atoms with Crippen molar-refractivity contribution in [3.8, 4) is 11.1 Å². The third-order valence-corrected chi connectivity index (χ3v) is 6.36. The lowest BCUT2D eigenvalue weighted by Crippen LogP contribution is -2.11. The van der Waals surface area contributed by atoms with E-state index in [1.54, 1.807) is 30.3 Å². The van der Waals surface area contributed by atoms with Crippen molar-refractivity contribution in [2.24, 2.45) is 0 Å². The minimum absolute atomic E-state index is 0.134. The van der Waals surface area contributed by atoms with E-state index in [0.29, 0.717) is 22.0 Å². The Balaban J connectivity index is 1.80. The van der Waals surface area contributed by atoms with Crippen LogP contribution >= 0.6 is 0 Å². The first kappa shape index (κ1) is 16.7. The number of hydrogen-bond donors (Lipinski definition) is 0. The molecule has 3 aromatic carbocycles. The van der Waals surface area contributed by atoms with Crippen LogP contribution in [0.1, 0.15) is 0 Å². The van der Waals surface area contributed by atoms with Crippen LogP contribution in [0.25, 0.3) is 33.1 Å². The van der Waals surface area contributed by atoms with Gasteiger partial charge in [0.1, 0.15) is 11.3 Å². The Morgan fingerprint density at radius 3 is 2.61 bits per heavy atom. The summed E-state index contributed by atoms with van der Waals surface area (Å²) < 4.78 is 46.7. The van der Waals surface area contributed by atoms with Gasteiger partial charge in [0, 0.05) is 17.1 Å². The van der Waals surface area contributed by atoms with Gasteiger partial charge in [-0.05, 0) is 48.0 Å². The number of fused-ring (bicyclic) bond motifs is 2. The molecule has 0 aliphatic carbocycles. The smallest absolute Gasteiger partial charge is 0.268 e. The molecule has 0 amide bonds. The molecule has 5 rings (SSSR count). The summed E-state index contributed by atoms with van der Waals surface area (Å²) in [6.45, 7) is 0. The molecule has 0 aliphatic rings. The van der Waals surface area contributed by atoms with E-state index >= 15 is 0 Å².